The first-order valence-electron chi connectivity index (χ1n) is 10.4. The van der Waals surface area contributed by atoms with Gasteiger partial charge in [-0.2, -0.15) is 0 Å². The summed E-state index contributed by atoms with van der Waals surface area (Å²) in [6.45, 7) is 6.35. The van der Waals surface area contributed by atoms with Crippen molar-refractivity contribution in [2.75, 3.05) is 23.0 Å². The maximum absolute atomic E-state index is 12.3. The smallest absolute Gasteiger partial charge is 0.184 e. The van der Waals surface area contributed by atoms with E-state index in [0.29, 0.717) is 29.0 Å². The van der Waals surface area contributed by atoms with Gasteiger partial charge in [0.25, 0.3) is 0 Å². The number of Topliss-reactive ketones (excluding diaryl/α,β-unsaturated/α-hetero) is 1. The molecule has 26 heavy (non-hydrogen) atoms. The molecule has 0 atom stereocenters. The standard InChI is InChI=1S/C16H31OS.C4H10O3S/c1-3-5-12-18(13-6-4-2)14-16(17)15-10-8-7-9-11-15;1-2-3-4-8(5,6)7/h15H,3-14H2,1-2H3;2-4H2,1H3,(H,5,6,7)/q+1;/p-1. The Balaban J connectivity index is 0.000000660. The van der Waals surface area contributed by atoms with Crippen molar-refractivity contribution in [1.29, 1.82) is 0 Å². The van der Waals surface area contributed by atoms with Crippen LogP contribution < -0.4 is 0 Å². The van der Waals surface area contributed by atoms with Crippen molar-refractivity contribution in [2.24, 2.45) is 5.92 Å². The lowest BCUT2D eigenvalue weighted by Gasteiger charge is -2.20. The van der Waals surface area contributed by atoms with Gasteiger partial charge >= 0.3 is 0 Å². The van der Waals surface area contributed by atoms with E-state index in [0.717, 1.165) is 12.2 Å². The number of ketones is 1. The molecule has 1 saturated carbocycles. The Bertz CT molecular complexity index is 435. The van der Waals surface area contributed by atoms with Crippen LogP contribution in [0.4, 0.5) is 0 Å². The number of unbranched alkanes of at least 4 members (excludes halogenated alkanes) is 3. The SMILES string of the molecule is CCCCS(=O)(=O)[O-].CCCC[S+](CCCC)CC(=O)C1CCCCC1. The Kier molecular flexibility index (Phi) is 15.9. The molecule has 0 aromatic heterocycles. The van der Waals surface area contributed by atoms with Gasteiger partial charge in [-0.15, -0.1) is 0 Å². The molecule has 0 aromatic rings. The van der Waals surface area contributed by atoms with E-state index in [-0.39, 0.29) is 5.75 Å². The van der Waals surface area contributed by atoms with Crippen molar-refractivity contribution in [3.63, 3.8) is 0 Å². The van der Waals surface area contributed by atoms with Crippen LogP contribution >= 0.6 is 0 Å². The van der Waals surface area contributed by atoms with E-state index >= 15 is 0 Å². The van der Waals surface area contributed by atoms with Crippen LogP contribution in [0.3, 0.4) is 0 Å². The lowest BCUT2D eigenvalue weighted by atomic mass is 9.87. The first kappa shape index (κ1) is 25.9. The third-order valence-electron chi connectivity index (χ3n) is 4.73. The normalized spacial score (nSPS) is 15.6. The quantitative estimate of drug-likeness (QED) is 0.347. The zero-order valence-corrected chi connectivity index (χ0v) is 18.8. The fraction of sp³-hybridized carbons (Fsp3) is 0.950. The van der Waals surface area contributed by atoms with Crippen LogP contribution in [0.1, 0.15) is 91.4 Å². The van der Waals surface area contributed by atoms with Gasteiger partial charge < -0.3 is 4.55 Å². The highest BCUT2D eigenvalue weighted by Gasteiger charge is 2.28. The van der Waals surface area contributed by atoms with Crippen molar-refractivity contribution >= 4 is 26.8 Å². The minimum atomic E-state index is -3.94. The van der Waals surface area contributed by atoms with Gasteiger partial charge in [-0.1, -0.05) is 59.3 Å². The maximum atomic E-state index is 12.3. The van der Waals surface area contributed by atoms with Crippen LogP contribution in [-0.4, -0.2) is 41.8 Å². The molecule has 1 rings (SSSR count). The van der Waals surface area contributed by atoms with Gasteiger partial charge in [0, 0.05) is 11.7 Å². The van der Waals surface area contributed by atoms with Crippen LogP contribution in [0.25, 0.3) is 0 Å². The van der Waals surface area contributed by atoms with E-state index < -0.39 is 10.1 Å². The average molecular weight is 409 g/mol. The maximum Gasteiger partial charge on any atom is 0.184 e. The highest BCUT2D eigenvalue weighted by molar-refractivity contribution is 7.97. The highest BCUT2D eigenvalue weighted by atomic mass is 32.2. The van der Waals surface area contributed by atoms with Crippen molar-refractivity contribution in [2.45, 2.75) is 91.4 Å². The van der Waals surface area contributed by atoms with Crippen molar-refractivity contribution in [3.8, 4) is 0 Å². The van der Waals surface area contributed by atoms with Gasteiger partial charge in [0.05, 0.1) is 10.1 Å². The lowest BCUT2D eigenvalue weighted by molar-refractivity contribution is -0.121. The molecule has 0 aliphatic heterocycles. The summed E-state index contributed by atoms with van der Waals surface area (Å²) in [6, 6.07) is 0. The minimum Gasteiger partial charge on any atom is -0.748 e. The summed E-state index contributed by atoms with van der Waals surface area (Å²) in [5.41, 5.74) is 0. The van der Waals surface area contributed by atoms with Gasteiger partial charge in [0.15, 0.2) is 11.5 Å². The molecule has 0 heterocycles. The molecule has 0 N–H and O–H groups in total. The van der Waals surface area contributed by atoms with E-state index in [4.69, 9.17) is 0 Å². The van der Waals surface area contributed by atoms with E-state index in [9.17, 15) is 17.8 Å². The van der Waals surface area contributed by atoms with E-state index in [1.54, 1.807) is 0 Å². The number of carbonyl (C=O) groups excluding carboxylic acids is 1. The zero-order valence-electron chi connectivity index (χ0n) is 17.1. The minimum absolute atomic E-state index is 0.219. The van der Waals surface area contributed by atoms with Crippen molar-refractivity contribution < 1.29 is 17.8 Å². The molecule has 0 unspecified atom stereocenters. The van der Waals surface area contributed by atoms with Crippen LogP contribution in [0, 0.1) is 5.92 Å². The van der Waals surface area contributed by atoms with Crippen LogP contribution in [0.5, 0.6) is 0 Å². The molecule has 0 radical (unpaired) electrons. The Labute approximate surface area is 165 Å². The highest BCUT2D eigenvalue weighted by Crippen LogP contribution is 2.25. The molecule has 1 fully saturated rings. The summed E-state index contributed by atoms with van der Waals surface area (Å²) >= 11 is 0. The predicted molar refractivity (Wildman–Crippen MR) is 113 cm³/mol. The Morgan fingerprint density at radius 3 is 1.81 bits per heavy atom. The van der Waals surface area contributed by atoms with E-state index in [1.807, 2.05) is 6.92 Å². The van der Waals surface area contributed by atoms with Gasteiger partial charge in [-0.05, 0) is 43.0 Å². The Morgan fingerprint density at radius 1 is 0.923 bits per heavy atom. The first-order valence-corrected chi connectivity index (χ1v) is 13.7. The van der Waals surface area contributed by atoms with Crippen LogP contribution in [-0.2, 0) is 25.8 Å². The second kappa shape index (κ2) is 15.9. The third kappa shape index (κ3) is 15.0. The van der Waals surface area contributed by atoms with Crippen molar-refractivity contribution in [1.82, 2.24) is 0 Å². The third-order valence-corrected chi connectivity index (χ3v) is 7.94. The predicted octanol–water partition coefficient (Wildman–Crippen LogP) is 4.69. The lowest BCUT2D eigenvalue weighted by Crippen LogP contribution is -2.28. The molecule has 156 valence electrons. The average Bonchev–Trinajstić information content (AvgIpc) is 2.62. The number of carbonyl (C=O) groups is 1. The molecule has 0 spiro atoms. The molecule has 0 bridgehead atoms. The van der Waals surface area contributed by atoms with E-state index in [1.165, 1.54) is 69.3 Å². The van der Waals surface area contributed by atoms with Gasteiger partial charge in [-0.3, -0.25) is 4.79 Å². The topological polar surface area (TPSA) is 74.3 Å². The molecule has 1 aliphatic carbocycles. The molecule has 0 amide bonds. The summed E-state index contributed by atoms with van der Waals surface area (Å²) in [6.07, 6.45) is 12.7. The molecule has 6 heteroatoms. The van der Waals surface area contributed by atoms with Crippen molar-refractivity contribution in [3.05, 3.63) is 0 Å². The number of hydrogen-bond donors (Lipinski definition) is 0. The Hall–Kier alpha value is -0.0700. The van der Waals surface area contributed by atoms with E-state index in [2.05, 4.69) is 13.8 Å². The fourth-order valence-corrected chi connectivity index (χ4v) is 6.17. The number of rotatable bonds is 12. The molecule has 1 aliphatic rings. The Morgan fingerprint density at radius 2 is 1.42 bits per heavy atom. The second-order valence-corrected chi connectivity index (χ2v) is 11.1. The zero-order chi connectivity index (χ0) is 19.8. The summed E-state index contributed by atoms with van der Waals surface area (Å²) in [5.74, 6) is 4.32. The first-order chi connectivity index (χ1) is 12.3. The molecule has 0 saturated heterocycles. The molecular formula is C20H40O4S2. The summed E-state index contributed by atoms with van der Waals surface area (Å²) in [4.78, 5) is 12.3. The van der Waals surface area contributed by atoms with Crippen LogP contribution in [0.15, 0.2) is 0 Å². The number of hydrogen-bond acceptors (Lipinski definition) is 4. The fourth-order valence-electron chi connectivity index (χ4n) is 3.01. The monoisotopic (exact) mass is 408 g/mol. The van der Waals surface area contributed by atoms with Gasteiger partial charge in [0.2, 0.25) is 0 Å². The molecule has 4 nitrogen and oxygen atoms in total. The van der Waals surface area contributed by atoms with Gasteiger partial charge in [0.1, 0.15) is 11.5 Å². The molecular weight excluding hydrogens is 368 g/mol. The summed E-state index contributed by atoms with van der Waals surface area (Å²) in [5, 5.41) is 0. The summed E-state index contributed by atoms with van der Waals surface area (Å²) in [7, 11) is -3.54. The molecule has 0 aromatic carbocycles. The van der Waals surface area contributed by atoms with Gasteiger partial charge in [-0.25, -0.2) is 8.42 Å². The second-order valence-electron chi connectivity index (χ2n) is 7.29. The summed E-state index contributed by atoms with van der Waals surface area (Å²) < 4.78 is 29.5. The van der Waals surface area contributed by atoms with Crippen LogP contribution in [0.2, 0.25) is 0 Å². The largest absolute Gasteiger partial charge is 0.748 e.